The lowest BCUT2D eigenvalue weighted by atomic mass is 10.1. The Morgan fingerprint density at radius 3 is 2.55 bits per heavy atom. The molecular weight excluding hydrogens is 565 g/mol. The van der Waals surface area contributed by atoms with Crippen LogP contribution >= 0.6 is 8.25 Å². The topological polar surface area (TPSA) is 119 Å². The fraction of sp³-hybridized carbons (Fsp3) is 0.167. The van der Waals surface area contributed by atoms with Crippen molar-refractivity contribution in [2.45, 2.75) is 19.6 Å². The zero-order valence-corrected chi connectivity index (χ0v) is 23.2. The molecule has 0 saturated heterocycles. The molecule has 1 N–H and O–H groups in total. The molecule has 5 aromatic rings. The minimum atomic E-state index is -2.82. The van der Waals surface area contributed by atoms with Crippen LogP contribution in [-0.4, -0.2) is 33.1 Å². The van der Waals surface area contributed by atoms with E-state index in [0.29, 0.717) is 46.8 Å². The average molecular weight is 590 g/mol. The first-order valence-electron chi connectivity index (χ1n) is 12.7. The first-order chi connectivity index (χ1) is 20.3. The molecule has 3 aromatic carbocycles. The van der Waals surface area contributed by atoms with Gasteiger partial charge < -0.3 is 14.0 Å². The highest BCUT2D eigenvalue weighted by molar-refractivity contribution is 7.32. The van der Waals surface area contributed by atoms with E-state index < -0.39 is 19.9 Å². The third-order valence-electron chi connectivity index (χ3n) is 6.48. The van der Waals surface area contributed by atoms with Gasteiger partial charge in [0.2, 0.25) is 5.88 Å². The van der Waals surface area contributed by atoms with Crippen molar-refractivity contribution < 1.29 is 32.2 Å². The Hall–Kier alpha value is -4.75. The third-order valence-corrected chi connectivity index (χ3v) is 6.85. The Labute approximate surface area is 240 Å². The number of methoxy groups -OCH3 is 1. The predicted molar refractivity (Wildman–Crippen MR) is 150 cm³/mol. The van der Waals surface area contributed by atoms with E-state index >= 15 is 4.39 Å². The second-order valence-electron chi connectivity index (χ2n) is 9.20. The number of benzene rings is 3. The summed E-state index contributed by atoms with van der Waals surface area (Å²) in [6.45, 7) is 0.721. The van der Waals surface area contributed by atoms with Gasteiger partial charge in [-0.15, -0.1) is 4.89 Å². The Kier molecular flexibility index (Phi) is 8.79. The molecule has 9 nitrogen and oxygen atoms in total. The van der Waals surface area contributed by atoms with Crippen molar-refractivity contribution in [3.63, 3.8) is 0 Å². The molecule has 12 heteroatoms. The van der Waals surface area contributed by atoms with Crippen molar-refractivity contribution in [2.24, 2.45) is 0 Å². The van der Waals surface area contributed by atoms with Gasteiger partial charge in [0.15, 0.2) is 5.75 Å². The van der Waals surface area contributed by atoms with Crippen LogP contribution < -0.4 is 9.26 Å². The van der Waals surface area contributed by atoms with Crippen LogP contribution in [0.4, 0.5) is 8.78 Å². The number of aromatic nitrogens is 3. The molecule has 1 atom stereocenters. The van der Waals surface area contributed by atoms with Crippen LogP contribution in [0, 0.1) is 23.0 Å². The third kappa shape index (κ3) is 6.58. The number of nitriles is 1. The van der Waals surface area contributed by atoms with E-state index in [4.69, 9.17) is 24.2 Å². The number of fused-ring (bicyclic) bond motifs is 1. The van der Waals surface area contributed by atoms with Crippen molar-refractivity contribution in [1.82, 2.24) is 14.5 Å². The maximum Gasteiger partial charge on any atom is 0.747 e. The van der Waals surface area contributed by atoms with Crippen molar-refractivity contribution in [3.05, 3.63) is 107 Å². The van der Waals surface area contributed by atoms with Crippen molar-refractivity contribution in [3.8, 4) is 29.0 Å². The lowest BCUT2D eigenvalue weighted by Crippen LogP contribution is -2.09. The summed E-state index contributed by atoms with van der Waals surface area (Å²) < 4.78 is 58.4. The second-order valence-corrected chi connectivity index (χ2v) is 9.86. The van der Waals surface area contributed by atoms with Gasteiger partial charge in [-0.05, 0) is 42.0 Å². The van der Waals surface area contributed by atoms with Crippen molar-refractivity contribution in [2.75, 3.05) is 13.7 Å². The summed E-state index contributed by atoms with van der Waals surface area (Å²) in [7, 11) is -1.25. The van der Waals surface area contributed by atoms with E-state index in [1.165, 1.54) is 18.2 Å². The summed E-state index contributed by atoms with van der Waals surface area (Å²) in [5, 5.41) is 8.90. The number of pyridine rings is 1. The van der Waals surface area contributed by atoms with Crippen LogP contribution in [0.15, 0.2) is 72.8 Å². The smallest absolute Gasteiger partial charge is 0.473 e. The summed E-state index contributed by atoms with van der Waals surface area (Å²) in [4.78, 5) is 18.2. The number of rotatable bonds is 11. The molecule has 0 spiro atoms. The minimum Gasteiger partial charge on any atom is -0.473 e. The molecule has 212 valence electrons. The van der Waals surface area contributed by atoms with Gasteiger partial charge >= 0.3 is 8.25 Å². The Balaban J connectivity index is 1.36. The zero-order valence-electron chi connectivity index (χ0n) is 22.3. The van der Waals surface area contributed by atoms with Crippen LogP contribution in [0.2, 0.25) is 0 Å². The van der Waals surface area contributed by atoms with Crippen LogP contribution in [0.25, 0.3) is 22.3 Å². The number of imidazole rings is 1. The van der Waals surface area contributed by atoms with Gasteiger partial charge in [0.05, 0.1) is 35.0 Å². The molecule has 0 aliphatic rings. The van der Waals surface area contributed by atoms with Crippen molar-refractivity contribution in [1.29, 1.82) is 5.26 Å². The molecule has 42 heavy (non-hydrogen) atoms. The van der Waals surface area contributed by atoms with E-state index in [1.54, 1.807) is 55.6 Å². The summed E-state index contributed by atoms with van der Waals surface area (Å²) in [5.74, 6) is 0.0401. The SMILES string of the molecule is COCCn1c(Cc2ccc(-c3cccc(OCc4ccc(C#N)cc4F)n3)cc2F)nc2ccc(O[P+](=O)O)cc21. The summed E-state index contributed by atoms with van der Waals surface area (Å²) in [6, 6.07) is 20.7. The van der Waals surface area contributed by atoms with E-state index in [1.807, 2.05) is 10.6 Å². The first-order valence-corrected chi connectivity index (χ1v) is 13.9. The molecule has 0 aliphatic carbocycles. The molecule has 1 unspecified atom stereocenters. The molecule has 2 heterocycles. The lowest BCUT2D eigenvalue weighted by Gasteiger charge is -2.11. The molecule has 0 amide bonds. The lowest BCUT2D eigenvalue weighted by molar-refractivity contribution is 0.187. The number of hydrogen-bond donors (Lipinski definition) is 1. The fourth-order valence-electron chi connectivity index (χ4n) is 4.43. The summed E-state index contributed by atoms with van der Waals surface area (Å²) in [5.41, 5.74) is 3.19. The Bertz CT molecular complexity index is 1820. The second kappa shape index (κ2) is 12.8. The van der Waals surface area contributed by atoms with E-state index in [-0.39, 0.29) is 35.8 Å². The van der Waals surface area contributed by atoms with Crippen LogP contribution in [0.3, 0.4) is 0 Å². The Morgan fingerprint density at radius 1 is 1.00 bits per heavy atom. The van der Waals surface area contributed by atoms with Gasteiger partial charge in [-0.25, -0.2) is 23.3 Å². The standard InChI is InChI=1S/C30H23F2N4O5P/c1-39-12-11-36-28-16-23(41-42(37)38)9-10-27(28)34-29(36)15-20-7-8-21(14-25(20)32)26-3-2-4-30(35-26)40-18-22-6-5-19(17-33)13-24(22)31/h2-10,13-14,16H,11-12,15,18H2,1H3/p+1. The molecule has 0 aliphatic heterocycles. The molecule has 0 saturated carbocycles. The monoisotopic (exact) mass is 589 g/mol. The van der Waals surface area contributed by atoms with Gasteiger partial charge in [0, 0.05) is 47.9 Å². The van der Waals surface area contributed by atoms with Crippen LogP contribution in [0.1, 0.15) is 22.5 Å². The predicted octanol–water partition coefficient (Wildman–Crippen LogP) is 6.09. The minimum absolute atomic E-state index is 0.0860. The van der Waals surface area contributed by atoms with Crippen LogP contribution in [-0.2, 0) is 28.9 Å². The van der Waals surface area contributed by atoms with E-state index in [2.05, 4.69) is 9.97 Å². The maximum atomic E-state index is 15.4. The Morgan fingerprint density at radius 2 is 1.81 bits per heavy atom. The van der Waals surface area contributed by atoms with E-state index in [0.717, 1.165) is 6.07 Å². The average Bonchev–Trinajstić information content (AvgIpc) is 3.32. The van der Waals surface area contributed by atoms with Gasteiger partial charge in [-0.2, -0.15) is 5.26 Å². The van der Waals surface area contributed by atoms with E-state index in [9.17, 15) is 8.96 Å². The number of halogens is 2. The first kappa shape index (κ1) is 28.8. The maximum absolute atomic E-state index is 15.4. The highest BCUT2D eigenvalue weighted by Gasteiger charge is 2.19. The highest BCUT2D eigenvalue weighted by Crippen LogP contribution is 2.29. The zero-order chi connectivity index (χ0) is 29.6. The molecule has 2 aromatic heterocycles. The van der Waals surface area contributed by atoms with Crippen LogP contribution in [0.5, 0.6) is 11.6 Å². The summed E-state index contributed by atoms with van der Waals surface area (Å²) in [6.07, 6.45) is 0.182. The molecule has 5 rings (SSSR count). The quantitative estimate of drug-likeness (QED) is 0.184. The molecule has 0 radical (unpaired) electrons. The molecular formula is C30H24F2N4O5P+. The van der Waals surface area contributed by atoms with Gasteiger partial charge in [0.1, 0.15) is 24.1 Å². The van der Waals surface area contributed by atoms with Gasteiger partial charge in [-0.1, -0.05) is 24.3 Å². The summed E-state index contributed by atoms with van der Waals surface area (Å²) >= 11 is 0. The number of nitrogens with zero attached hydrogens (tertiary/aromatic N) is 4. The highest BCUT2D eigenvalue weighted by atomic mass is 31.1. The molecule has 0 bridgehead atoms. The fourth-order valence-corrected chi connectivity index (χ4v) is 4.72. The largest absolute Gasteiger partial charge is 0.747 e. The van der Waals surface area contributed by atoms with Gasteiger partial charge in [-0.3, -0.25) is 0 Å². The molecule has 0 fully saturated rings. The number of ether oxygens (including phenoxy) is 2. The normalized spacial score (nSPS) is 11.4. The number of hydrogen-bond acceptors (Lipinski definition) is 7. The van der Waals surface area contributed by atoms with Crippen molar-refractivity contribution >= 4 is 19.3 Å². The van der Waals surface area contributed by atoms with Gasteiger partial charge in [0.25, 0.3) is 0 Å².